The van der Waals surface area contributed by atoms with E-state index in [4.69, 9.17) is 4.74 Å². The van der Waals surface area contributed by atoms with Crippen molar-refractivity contribution >= 4 is 5.91 Å². The fourth-order valence-corrected chi connectivity index (χ4v) is 1.76. The second-order valence-corrected chi connectivity index (χ2v) is 5.33. The van der Waals surface area contributed by atoms with Crippen LogP contribution in [0.4, 0.5) is 0 Å². The van der Waals surface area contributed by atoms with Crippen molar-refractivity contribution in [2.24, 2.45) is 0 Å². The number of nitrogens with zero attached hydrogens (tertiary/aromatic N) is 1. The molecule has 0 aromatic carbocycles. The van der Waals surface area contributed by atoms with Crippen LogP contribution in [0.2, 0.25) is 0 Å². The van der Waals surface area contributed by atoms with E-state index in [0.717, 1.165) is 13.0 Å². The quantitative estimate of drug-likeness (QED) is 0.784. The topological polar surface area (TPSA) is 41.6 Å². The minimum absolute atomic E-state index is 0.0103. The molecule has 1 atom stereocenters. The molecule has 0 bridgehead atoms. The van der Waals surface area contributed by atoms with Gasteiger partial charge < -0.3 is 15.0 Å². The third kappa shape index (κ3) is 4.10. The van der Waals surface area contributed by atoms with Crippen LogP contribution in [0.5, 0.6) is 0 Å². The van der Waals surface area contributed by atoms with Crippen LogP contribution >= 0.6 is 0 Å². The molecule has 1 amide bonds. The number of hydrogen-bond acceptors (Lipinski definition) is 3. The van der Waals surface area contributed by atoms with Crippen molar-refractivity contribution in [3.05, 3.63) is 0 Å². The molecular weight excluding hydrogens is 204 g/mol. The highest BCUT2D eigenvalue weighted by Gasteiger charge is 2.26. The van der Waals surface area contributed by atoms with E-state index >= 15 is 0 Å². The van der Waals surface area contributed by atoms with Crippen LogP contribution in [0.3, 0.4) is 0 Å². The van der Waals surface area contributed by atoms with Crippen LogP contribution < -0.4 is 5.32 Å². The van der Waals surface area contributed by atoms with Gasteiger partial charge in [0.1, 0.15) is 0 Å². The van der Waals surface area contributed by atoms with Gasteiger partial charge in [-0.25, -0.2) is 0 Å². The molecular formula is C12H24N2O2. The molecule has 0 aromatic heterocycles. The van der Waals surface area contributed by atoms with Gasteiger partial charge in [0.15, 0.2) is 0 Å². The van der Waals surface area contributed by atoms with Gasteiger partial charge in [-0.3, -0.25) is 4.79 Å². The van der Waals surface area contributed by atoms with Gasteiger partial charge in [0, 0.05) is 12.1 Å². The first-order valence-corrected chi connectivity index (χ1v) is 6.06. The average Bonchev–Trinajstić information content (AvgIpc) is 2.25. The van der Waals surface area contributed by atoms with E-state index in [0.29, 0.717) is 19.8 Å². The van der Waals surface area contributed by atoms with Crippen molar-refractivity contribution in [2.45, 2.75) is 45.7 Å². The summed E-state index contributed by atoms with van der Waals surface area (Å²) in [6.07, 6.45) is 0.960. The number of ether oxygens (including phenoxy) is 1. The minimum Gasteiger partial charge on any atom is -0.377 e. The highest BCUT2D eigenvalue weighted by atomic mass is 16.5. The van der Waals surface area contributed by atoms with Gasteiger partial charge in [-0.15, -0.1) is 0 Å². The van der Waals surface area contributed by atoms with Crippen molar-refractivity contribution in [2.75, 3.05) is 26.3 Å². The fraction of sp³-hybridized carbons (Fsp3) is 0.917. The lowest BCUT2D eigenvalue weighted by Crippen LogP contribution is -2.52. The maximum absolute atomic E-state index is 12.0. The zero-order valence-corrected chi connectivity index (χ0v) is 10.9. The first kappa shape index (κ1) is 13.5. The summed E-state index contributed by atoms with van der Waals surface area (Å²) >= 11 is 0. The van der Waals surface area contributed by atoms with Crippen molar-refractivity contribution in [3.63, 3.8) is 0 Å². The molecule has 16 heavy (non-hydrogen) atoms. The van der Waals surface area contributed by atoms with E-state index in [1.165, 1.54) is 0 Å². The fourth-order valence-electron chi connectivity index (χ4n) is 1.76. The van der Waals surface area contributed by atoms with Crippen LogP contribution in [-0.2, 0) is 9.53 Å². The minimum atomic E-state index is -0.0103. The third-order valence-corrected chi connectivity index (χ3v) is 2.79. The van der Waals surface area contributed by atoms with E-state index in [-0.39, 0.29) is 17.5 Å². The molecule has 1 aliphatic rings. The van der Waals surface area contributed by atoms with E-state index < -0.39 is 0 Å². The van der Waals surface area contributed by atoms with Gasteiger partial charge in [-0.05, 0) is 27.2 Å². The molecule has 0 saturated carbocycles. The van der Waals surface area contributed by atoms with Gasteiger partial charge >= 0.3 is 0 Å². The van der Waals surface area contributed by atoms with E-state index in [1.807, 2.05) is 4.90 Å². The normalized spacial score (nSPS) is 22.2. The largest absolute Gasteiger partial charge is 0.377 e. The van der Waals surface area contributed by atoms with E-state index in [1.54, 1.807) is 0 Å². The van der Waals surface area contributed by atoms with Gasteiger partial charge in [0.2, 0.25) is 5.91 Å². The van der Waals surface area contributed by atoms with Crippen LogP contribution in [-0.4, -0.2) is 48.7 Å². The molecule has 0 radical (unpaired) electrons. The zero-order chi connectivity index (χ0) is 12.2. The maximum Gasteiger partial charge on any atom is 0.236 e. The Hall–Kier alpha value is -0.610. The highest BCUT2D eigenvalue weighted by Crippen LogP contribution is 2.10. The third-order valence-electron chi connectivity index (χ3n) is 2.79. The molecule has 4 nitrogen and oxygen atoms in total. The Kier molecular flexibility index (Phi) is 4.74. The molecule has 1 rings (SSSR count). The molecule has 0 aliphatic carbocycles. The van der Waals surface area contributed by atoms with Gasteiger partial charge in [-0.1, -0.05) is 6.92 Å². The summed E-state index contributed by atoms with van der Waals surface area (Å²) in [7, 11) is 0. The Morgan fingerprint density at radius 3 is 2.75 bits per heavy atom. The van der Waals surface area contributed by atoms with E-state index in [2.05, 4.69) is 33.0 Å². The average molecular weight is 228 g/mol. The maximum atomic E-state index is 12.0. The molecule has 1 saturated heterocycles. The second kappa shape index (κ2) is 5.64. The Morgan fingerprint density at radius 2 is 2.19 bits per heavy atom. The number of amides is 1. The summed E-state index contributed by atoms with van der Waals surface area (Å²) in [6, 6.07) is 0.253. The van der Waals surface area contributed by atoms with Gasteiger partial charge in [-0.2, -0.15) is 0 Å². The van der Waals surface area contributed by atoms with Crippen molar-refractivity contribution in [1.82, 2.24) is 10.2 Å². The standard InChI is InChI=1S/C12H24N2O2/c1-5-10-9-16-7-6-14(10)11(15)8-13-12(2,3)4/h10,13H,5-9H2,1-4H3. The Bertz CT molecular complexity index is 236. The summed E-state index contributed by atoms with van der Waals surface area (Å²) in [5, 5.41) is 3.23. The zero-order valence-electron chi connectivity index (χ0n) is 10.9. The number of rotatable bonds is 3. The summed E-state index contributed by atoms with van der Waals surface area (Å²) in [5.41, 5.74) is -0.0103. The molecule has 1 unspecified atom stereocenters. The predicted molar refractivity (Wildman–Crippen MR) is 64.4 cm³/mol. The summed E-state index contributed by atoms with van der Waals surface area (Å²) in [4.78, 5) is 14.0. The van der Waals surface area contributed by atoms with Crippen molar-refractivity contribution < 1.29 is 9.53 Å². The summed E-state index contributed by atoms with van der Waals surface area (Å²) in [6.45, 7) is 10.8. The lowest BCUT2D eigenvalue weighted by Gasteiger charge is -2.36. The molecule has 1 aliphatic heterocycles. The van der Waals surface area contributed by atoms with Gasteiger partial charge in [0.05, 0.1) is 25.8 Å². The molecule has 94 valence electrons. The lowest BCUT2D eigenvalue weighted by atomic mass is 10.1. The monoisotopic (exact) mass is 228 g/mol. The SMILES string of the molecule is CCC1COCCN1C(=O)CNC(C)(C)C. The van der Waals surface area contributed by atoms with Crippen LogP contribution in [0.25, 0.3) is 0 Å². The molecule has 1 heterocycles. The lowest BCUT2D eigenvalue weighted by molar-refractivity contribution is -0.139. The molecule has 0 aromatic rings. The number of carbonyl (C=O) groups is 1. The molecule has 1 fully saturated rings. The van der Waals surface area contributed by atoms with E-state index in [9.17, 15) is 4.79 Å². The van der Waals surface area contributed by atoms with Gasteiger partial charge in [0.25, 0.3) is 0 Å². The smallest absolute Gasteiger partial charge is 0.236 e. The van der Waals surface area contributed by atoms with Crippen LogP contribution in [0, 0.1) is 0 Å². The number of hydrogen-bond donors (Lipinski definition) is 1. The number of carbonyl (C=O) groups excluding carboxylic acids is 1. The Balaban J connectivity index is 2.45. The Morgan fingerprint density at radius 1 is 1.50 bits per heavy atom. The highest BCUT2D eigenvalue weighted by molar-refractivity contribution is 5.78. The van der Waals surface area contributed by atoms with Crippen molar-refractivity contribution in [1.29, 1.82) is 0 Å². The first-order chi connectivity index (χ1) is 7.44. The Labute approximate surface area is 98.3 Å². The summed E-state index contributed by atoms with van der Waals surface area (Å²) < 4.78 is 5.38. The number of nitrogens with one attached hydrogen (secondary N) is 1. The predicted octanol–water partition coefficient (Wildman–Crippen LogP) is 1.01. The summed E-state index contributed by atoms with van der Waals surface area (Å²) in [5.74, 6) is 0.185. The van der Waals surface area contributed by atoms with Crippen LogP contribution in [0.15, 0.2) is 0 Å². The van der Waals surface area contributed by atoms with Crippen molar-refractivity contribution in [3.8, 4) is 0 Å². The molecule has 4 heteroatoms. The van der Waals surface area contributed by atoms with Crippen LogP contribution in [0.1, 0.15) is 34.1 Å². The molecule has 1 N–H and O–H groups in total. The molecule has 0 spiro atoms. The first-order valence-electron chi connectivity index (χ1n) is 6.06. The number of morpholine rings is 1. The second-order valence-electron chi connectivity index (χ2n) is 5.33.